The van der Waals surface area contributed by atoms with Crippen LogP contribution in [0.1, 0.15) is 20.3 Å². The number of likely N-dealkylation sites (tertiary alicyclic amines) is 1. The molecule has 1 aromatic heterocycles. The summed E-state index contributed by atoms with van der Waals surface area (Å²) < 4.78 is 26.3. The zero-order valence-corrected chi connectivity index (χ0v) is 25.7. The van der Waals surface area contributed by atoms with E-state index in [9.17, 15) is 14.3 Å². The first-order valence-electron chi connectivity index (χ1n) is 15.6. The van der Waals surface area contributed by atoms with Crippen LogP contribution in [0.25, 0.3) is 11.4 Å². The molecule has 0 spiro atoms. The van der Waals surface area contributed by atoms with Crippen molar-refractivity contribution in [3.63, 3.8) is 0 Å². The highest BCUT2D eigenvalue weighted by Gasteiger charge is 2.36. The van der Waals surface area contributed by atoms with Gasteiger partial charge in [0, 0.05) is 56.1 Å². The van der Waals surface area contributed by atoms with Gasteiger partial charge in [0.1, 0.15) is 24.3 Å². The van der Waals surface area contributed by atoms with Crippen LogP contribution < -0.4 is 20.7 Å². The van der Waals surface area contributed by atoms with E-state index in [4.69, 9.17) is 15.2 Å². The molecule has 13 heteroatoms. The number of nitrogens with two attached hydrogens (primary N) is 1. The SMILES string of the molecule is CC(C)[C@@H](O)C(=O)N1CC[C@H](Oc2ccc(-c3ncnc(Nc4ccc(N5CCN(C6COC6)CC5)cc4)n3)cc2N)[C@H](F)C1. The van der Waals surface area contributed by atoms with Gasteiger partial charge in [-0.15, -0.1) is 0 Å². The molecule has 2 aromatic carbocycles. The van der Waals surface area contributed by atoms with E-state index in [1.54, 1.807) is 32.0 Å². The summed E-state index contributed by atoms with van der Waals surface area (Å²) in [6, 6.07) is 13.9. The van der Waals surface area contributed by atoms with E-state index in [2.05, 4.69) is 42.2 Å². The second-order valence-corrected chi connectivity index (χ2v) is 12.2. The van der Waals surface area contributed by atoms with Crippen molar-refractivity contribution in [2.45, 2.75) is 44.7 Å². The van der Waals surface area contributed by atoms with Gasteiger partial charge >= 0.3 is 0 Å². The van der Waals surface area contributed by atoms with Crippen LogP contribution in [0.2, 0.25) is 0 Å². The molecule has 12 nitrogen and oxygen atoms in total. The average Bonchev–Trinajstić information content (AvgIpc) is 3.02. The van der Waals surface area contributed by atoms with Crippen LogP contribution in [0.5, 0.6) is 5.75 Å². The van der Waals surface area contributed by atoms with Gasteiger partial charge in [0.25, 0.3) is 5.91 Å². The van der Waals surface area contributed by atoms with Crippen LogP contribution in [-0.4, -0.2) is 113 Å². The summed E-state index contributed by atoms with van der Waals surface area (Å²) in [5.41, 5.74) is 9.32. The van der Waals surface area contributed by atoms with Gasteiger partial charge < -0.3 is 35.4 Å². The second-order valence-electron chi connectivity index (χ2n) is 12.2. The lowest BCUT2D eigenvalue weighted by molar-refractivity contribution is -0.146. The predicted octanol–water partition coefficient (Wildman–Crippen LogP) is 2.72. The van der Waals surface area contributed by atoms with Crippen LogP contribution >= 0.6 is 0 Å². The number of alkyl halides is 1. The van der Waals surface area contributed by atoms with Crippen molar-refractivity contribution < 1.29 is 23.8 Å². The Morgan fingerprint density at radius 3 is 2.49 bits per heavy atom. The van der Waals surface area contributed by atoms with Gasteiger partial charge in [0.2, 0.25) is 5.95 Å². The fourth-order valence-electron chi connectivity index (χ4n) is 5.81. The van der Waals surface area contributed by atoms with Crippen LogP contribution in [0.3, 0.4) is 0 Å². The number of anilines is 4. The number of amides is 1. The minimum absolute atomic E-state index is 0.137. The first-order valence-corrected chi connectivity index (χ1v) is 15.6. The van der Waals surface area contributed by atoms with E-state index >= 15 is 0 Å². The quantitative estimate of drug-likeness (QED) is 0.304. The molecular formula is C32H41FN8O4. The van der Waals surface area contributed by atoms with E-state index in [0.29, 0.717) is 41.4 Å². The summed E-state index contributed by atoms with van der Waals surface area (Å²) >= 11 is 0. The Kier molecular flexibility index (Phi) is 9.29. The molecule has 45 heavy (non-hydrogen) atoms. The highest BCUT2D eigenvalue weighted by Crippen LogP contribution is 2.31. The maximum atomic E-state index is 15.0. The molecule has 0 bridgehead atoms. The summed E-state index contributed by atoms with van der Waals surface area (Å²) in [7, 11) is 0. The zero-order chi connectivity index (χ0) is 31.5. The number of nitrogens with zero attached hydrogens (tertiary/aromatic N) is 6. The number of piperidine rings is 1. The number of ether oxygens (including phenoxy) is 2. The third kappa shape index (κ3) is 7.10. The van der Waals surface area contributed by atoms with Gasteiger partial charge in [-0.1, -0.05) is 13.8 Å². The van der Waals surface area contributed by atoms with Crippen molar-refractivity contribution in [2.24, 2.45) is 5.92 Å². The fraction of sp³-hybridized carbons (Fsp3) is 0.500. The zero-order valence-electron chi connectivity index (χ0n) is 25.7. The Morgan fingerprint density at radius 1 is 1.09 bits per heavy atom. The summed E-state index contributed by atoms with van der Waals surface area (Å²) in [6.07, 6.45) is -1.59. The number of nitrogen functional groups attached to an aromatic ring is 1. The average molecular weight is 621 g/mol. The molecule has 3 aliphatic rings. The van der Waals surface area contributed by atoms with Crippen molar-refractivity contribution in [1.82, 2.24) is 24.8 Å². The van der Waals surface area contributed by atoms with E-state index in [-0.39, 0.29) is 18.9 Å². The number of aliphatic hydroxyl groups excluding tert-OH is 1. The fourth-order valence-corrected chi connectivity index (χ4v) is 5.81. The number of aliphatic hydroxyl groups is 1. The van der Waals surface area contributed by atoms with Crippen LogP contribution in [-0.2, 0) is 9.53 Å². The van der Waals surface area contributed by atoms with Crippen molar-refractivity contribution in [3.8, 4) is 17.1 Å². The molecule has 3 aromatic rings. The Balaban J connectivity index is 1.04. The minimum atomic E-state index is -1.41. The number of benzene rings is 2. The molecule has 0 aliphatic carbocycles. The molecule has 3 atom stereocenters. The molecule has 3 fully saturated rings. The van der Waals surface area contributed by atoms with Gasteiger partial charge in [-0.25, -0.2) is 14.4 Å². The molecule has 0 radical (unpaired) electrons. The maximum Gasteiger partial charge on any atom is 0.251 e. The monoisotopic (exact) mass is 620 g/mol. The third-order valence-corrected chi connectivity index (χ3v) is 8.74. The summed E-state index contributed by atoms with van der Waals surface area (Å²) in [5.74, 6) is 0.473. The largest absolute Gasteiger partial charge is 0.485 e. The first kappa shape index (κ1) is 30.9. The van der Waals surface area contributed by atoms with Crippen molar-refractivity contribution in [3.05, 3.63) is 48.8 Å². The summed E-state index contributed by atoms with van der Waals surface area (Å²) in [6.45, 7) is 9.43. The van der Waals surface area contributed by atoms with E-state index < -0.39 is 24.3 Å². The number of rotatable bonds is 9. The summed E-state index contributed by atoms with van der Waals surface area (Å²) in [5, 5.41) is 13.3. The molecule has 4 N–H and O–H groups in total. The minimum Gasteiger partial charge on any atom is -0.485 e. The number of aromatic nitrogens is 3. The number of nitrogens with one attached hydrogen (secondary N) is 1. The number of hydrogen-bond donors (Lipinski definition) is 3. The second kappa shape index (κ2) is 13.5. The van der Waals surface area contributed by atoms with Crippen molar-refractivity contribution in [1.29, 1.82) is 0 Å². The van der Waals surface area contributed by atoms with E-state index in [1.165, 1.54) is 16.9 Å². The lowest BCUT2D eigenvalue weighted by atomic mass is 10.0. The number of carbonyl (C=O) groups excluding carboxylic acids is 1. The van der Waals surface area contributed by atoms with Gasteiger partial charge in [-0.3, -0.25) is 9.69 Å². The number of halogens is 1. The Bertz CT molecular complexity index is 1470. The predicted molar refractivity (Wildman–Crippen MR) is 169 cm³/mol. The molecule has 6 rings (SSSR count). The number of carbonyl (C=O) groups is 1. The Morgan fingerprint density at radius 2 is 1.84 bits per heavy atom. The topological polar surface area (TPSA) is 142 Å². The standard InChI is InChI=1S/C32H41FN8O4/c1-20(2)29(42)31(43)41-10-9-27(25(33)16-41)45-28-8-3-21(15-26(28)34)30-35-19-36-32(38-30)37-22-4-6-23(7-5-22)39-11-13-40(14-12-39)24-17-44-18-24/h3-8,15,19-20,24-25,27,29,42H,9-14,16-18,34H2,1-2H3,(H,35,36,37,38)/t25-,27+,29-/m1/s1. The normalized spacial score (nSPS) is 21.8. The van der Waals surface area contributed by atoms with Crippen LogP contribution in [0.4, 0.5) is 27.4 Å². The number of hydrogen-bond acceptors (Lipinski definition) is 11. The molecule has 3 saturated heterocycles. The van der Waals surface area contributed by atoms with Gasteiger partial charge in [0.15, 0.2) is 12.0 Å². The van der Waals surface area contributed by atoms with Gasteiger partial charge in [-0.05, 0) is 48.4 Å². The number of piperazine rings is 1. The highest BCUT2D eigenvalue weighted by molar-refractivity contribution is 5.81. The third-order valence-electron chi connectivity index (χ3n) is 8.74. The molecule has 0 saturated carbocycles. The van der Waals surface area contributed by atoms with E-state index in [0.717, 1.165) is 45.1 Å². The molecule has 1 amide bonds. The van der Waals surface area contributed by atoms with Gasteiger partial charge in [-0.2, -0.15) is 4.98 Å². The Hall–Kier alpha value is -4.07. The smallest absolute Gasteiger partial charge is 0.251 e. The van der Waals surface area contributed by atoms with Crippen LogP contribution in [0, 0.1) is 5.92 Å². The summed E-state index contributed by atoms with van der Waals surface area (Å²) in [4.78, 5) is 31.9. The van der Waals surface area contributed by atoms with Gasteiger partial charge in [0.05, 0.1) is 31.5 Å². The lowest BCUT2D eigenvalue weighted by Crippen LogP contribution is -2.56. The van der Waals surface area contributed by atoms with Crippen molar-refractivity contribution in [2.75, 3.05) is 68.4 Å². The lowest BCUT2D eigenvalue weighted by Gasteiger charge is -2.43. The molecule has 240 valence electrons. The maximum absolute atomic E-state index is 15.0. The molecule has 0 unspecified atom stereocenters. The van der Waals surface area contributed by atoms with Crippen LogP contribution in [0.15, 0.2) is 48.8 Å². The highest BCUT2D eigenvalue weighted by atomic mass is 19.1. The van der Waals surface area contributed by atoms with Crippen molar-refractivity contribution >= 4 is 28.9 Å². The van der Waals surface area contributed by atoms with E-state index in [1.807, 2.05) is 12.1 Å². The molecular weight excluding hydrogens is 579 g/mol. The Labute approximate surface area is 262 Å². The molecule has 3 aliphatic heterocycles. The molecule has 4 heterocycles. The first-order chi connectivity index (χ1) is 21.7.